The molecule has 0 aliphatic rings. The Bertz CT molecular complexity index is 1350. The number of amides is 2. The SMILES string of the molecule is CCC(C(=O)NC)N(Cc1ccc(Cl)cc1)C(=O)CN(c1cc(Cl)ccc1C)S(=O)(=O)c1ccccc1. The molecule has 0 spiro atoms. The lowest BCUT2D eigenvalue weighted by atomic mass is 10.1. The summed E-state index contributed by atoms with van der Waals surface area (Å²) in [5, 5.41) is 3.47. The monoisotopic (exact) mass is 561 g/mol. The van der Waals surface area contributed by atoms with E-state index in [1.807, 2.05) is 0 Å². The number of sulfonamides is 1. The van der Waals surface area contributed by atoms with Crippen LogP contribution < -0.4 is 9.62 Å². The molecule has 1 atom stereocenters. The van der Waals surface area contributed by atoms with Gasteiger partial charge in [0, 0.05) is 23.6 Å². The van der Waals surface area contributed by atoms with Crippen molar-refractivity contribution < 1.29 is 18.0 Å². The zero-order valence-corrected chi connectivity index (χ0v) is 23.1. The largest absolute Gasteiger partial charge is 0.357 e. The second-order valence-corrected chi connectivity index (χ2v) is 11.2. The third-order valence-electron chi connectivity index (χ3n) is 5.95. The first-order valence-electron chi connectivity index (χ1n) is 11.7. The Morgan fingerprint density at radius 1 is 0.946 bits per heavy atom. The van der Waals surface area contributed by atoms with Crippen LogP contribution in [0, 0.1) is 6.92 Å². The fraction of sp³-hybridized carbons (Fsp3) is 0.259. The van der Waals surface area contributed by atoms with Crippen molar-refractivity contribution in [3.8, 4) is 0 Å². The van der Waals surface area contributed by atoms with Crippen molar-refractivity contribution in [1.82, 2.24) is 10.2 Å². The van der Waals surface area contributed by atoms with Crippen LogP contribution in [0.5, 0.6) is 0 Å². The number of rotatable bonds is 10. The van der Waals surface area contributed by atoms with Gasteiger partial charge in [-0.05, 0) is 60.9 Å². The van der Waals surface area contributed by atoms with Crippen molar-refractivity contribution in [2.45, 2.75) is 37.8 Å². The second kappa shape index (κ2) is 12.4. The molecule has 0 aliphatic carbocycles. The van der Waals surface area contributed by atoms with E-state index in [4.69, 9.17) is 23.2 Å². The molecule has 0 aliphatic heterocycles. The van der Waals surface area contributed by atoms with Gasteiger partial charge in [0.2, 0.25) is 11.8 Å². The minimum Gasteiger partial charge on any atom is -0.357 e. The molecule has 7 nitrogen and oxygen atoms in total. The van der Waals surface area contributed by atoms with Crippen LogP contribution in [0.4, 0.5) is 5.69 Å². The number of halogens is 2. The van der Waals surface area contributed by atoms with Gasteiger partial charge in [0.1, 0.15) is 12.6 Å². The number of anilines is 1. The zero-order chi connectivity index (χ0) is 27.2. The van der Waals surface area contributed by atoms with Crippen LogP contribution in [0.3, 0.4) is 0 Å². The van der Waals surface area contributed by atoms with Gasteiger partial charge >= 0.3 is 0 Å². The lowest BCUT2D eigenvalue weighted by Gasteiger charge is -2.33. The summed E-state index contributed by atoms with van der Waals surface area (Å²) in [4.78, 5) is 28.0. The highest BCUT2D eigenvalue weighted by Crippen LogP contribution is 2.30. The molecule has 0 heterocycles. The van der Waals surface area contributed by atoms with E-state index in [1.54, 1.807) is 68.4 Å². The predicted molar refractivity (Wildman–Crippen MR) is 147 cm³/mol. The van der Waals surface area contributed by atoms with Crippen LogP contribution >= 0.6 is 23.2 Å². The number of nitrogens with zero attached hydrogens (tertiary/aromatic N) is 2. The summed E-state index contributed by atoms with van der Waals surface area (Å²) in [6.45, 7) is 3.10. The number of likely N-dealkylation sites (N-methyl/N-ethyl adjacent to an activating group) is 1. The van der Waals surface area contributed by atoms with E-state index in [0.717, 1.165) is 9.87 Å². The zero-order valence-electron chi connectivity index (χ0n) is 20.8. The molecule has 196 valence electrons. The second-order valence-electron chi connectivity index (χ2n) is 8.44. The molecule has 0 fully saturated rings. The third-order valence-corrected chi connectivity index (χ3v) is 8.21. The molecule has 37 heavy (non-hydrogen) atoms. The first-order chi connectivity index (χ1) is 17.6. The maximum Gasteiger partial charge on any atom is 0.264 e. The Labute approximate surface area is 228 Å². The molecule has 0 saturated carbocycles. The molecular weight excluding hydrogens is 533 g/mol. The fourth-order valence-corrected chi connectivity index (χ4v) is 5.74. The first kappa shape index (κ1) is 28.5. The van der Waals surface area contributed by atoms with Gasteiger partial charge in [-0.15, -0.1) is 0 Å². The van der Waals surface area contributed by atoms with Crippen LogP contribution in [-0.4, -0.2) is 44.8 Å². The number of hydrogen-bond acceptors (Lipinski definition) is 4. The first-order valence-corrected chi connectivity index (χ1v) is 13.9. The summed E-state index contributed by atoms with van der Waals surface area (Å²) in [6.07, 6.45) is 0.334. The highest BCUT2D eigenvalue weighted by Gasteiger charge is 2.34. The summed E-state index contributed by atoms with van der Waals surface area (Å²) in [7, 11) is -2.65. The molecule has 0 bridgehead atoms. The van der Waals surface area contributed by atoms with Crippen LogP contribution in [0.2, 0.25) is 10.0 Å². The minimum absolute atomic E-state index is 0.0322. The Morgan fingerprint density at radius 2 is 1.57 bits per heavy atom. The summed E-state index contributed by atoms with van der Waals surface area (Å²) < 4.78 is 28.6. The van der Waals surface area contributed by atoms with Gasteiger partial charge in [-0.2, -0.15) is 0 Å². The normalized spacial score (nSPS) is 12.0. The van der Waals surface area contributed by atoms with E-state index >= 15 is 0 Å². The Balaban J connectivity index is 2.09. The van der Waals surface area contributed by atoms with Crippen molar-refractivity contribution in [3.05, 3.63) is 94.0 Å². The summed E-state index contributed by atoms with van der Waals surface area (Å²) >= 11 is 12.2. The van der Waals surface area contributed by atoms with E-state index in [2.05, 4.69) is 5.32 Å². The van der Waals surface area contributed by atoms with Gasteiger partial charge in [0.25, 0.3) is 10.0 Å². The number of hydrogen-bond donors (Lipinski definition) is 1. The van der Waals surface area contributed by atoms with Gasteiger partial charge < -0.3 is 10.2 Å². The maximum atomic E-state index is 13.9. The average Bonchev–Trinajstić information content (AvgIpc) is 2.89. The highest BCUT2D eigenvalue weighted by molar-refractivity contribution is 7.92. The smallest absolute Gasteiger partial charge is 0.264 e. The van der Waals surface area contributed by atoms with Gasteiger partial charge in [-0.25, -0.2) is 8.42 Å². The quantitative estimate of drug-likeness (QED) is 0.375. The molecule has 1 unspecified atom stereocenters. The number of benzene rings is 3. The highest BCUT2D eigenvalue weighted by atomic mass is 35.5. The average molecular weight is 563 g/mol. The van der Waals surface area contributed by atoms with Gasteiger partial charge in [-0.1, -0.05) is 66.5 Å². The van der Waals surface area contributed by atoms with Crippen molar-refractivity contribution in [1.29, 1.82) is 0 Å². The molecular formula is C27H29Cl2N3O4S. The number of carbonyl (C=O) groups is 2. The lowest BCUT2D eigenvalue weighted by Crippen LogP contribution is -2.51. The summed E-state index contributed by atoms with van der Waals surface area (Å²) in [5.41, 5.74) is 1.65. The fourth-order valence-electron chi connectivity index (χ4n) is 3.96. The van der Waals surface area contributed by atoms with E-state index < -0.39 is 28.5 Å². The molecule has 2 amide bonds. The van der Waals surface area contributed by atoms with Gasteiger partial charge in [0.05, 0.1) is 10.6 Å². The van der Waals surface area contributed by atoms with E-state index in [0.29, 0.717) is 22.0 Å². The minimum atomic E-state index is -4.15. The third kappa shape index (κ3) is 6.83. The number of nitrogens with one attached hydrogen (secondary N) is 1. The standard InChI is InChI=1S/C27H29Cl2N3O4S/c1-4-24(27(34)30-3)31(17-20-11-14-21(28)15-12-20)26(33)18-32(25-16-22(29)13-10-19(25)2)37(35,36)23-8-6-5-7-9-23/h5-16,24H,4,17-18H2,1-3H3,(H,30,34). The van der Waals surface area contributed by atoms with E-state index in [9.17, 15) is 18.0 Å². The molecule has 0 aromatic heterocycles. The van der Waals surface area contributed by atoms with Crippen molar-refractivity contribution in [2.24, 2.45) is 0 Å². The molecule has 1 N–H and O–H groups in total. The van der Waals surface area contributed by atoms with Gasteiger partial charge in [-0.3, -0.25) is 13.9 Å². The molecule has 10 heteroatoms. The van der Waals surface area contributed by atoms with Crippen LogP contribution in [0.25, 0.3) is 0 Å². The van der Waals surface area contributed by atoms with Gasteiger partial charge in [0.15, 0.2) is 0 Å². The Hall–Kier alpha value is -3.07. The molecule has 0 saturated heterocycles. The van der Waals surface area contributed by atoms with Crippen molar-refractivity contribution >= 4 is 50.7 Å². The van der Waals surface area contributed by atoms with Crippen LogP contribution in [0.1, 0.15) is 24.5 Å². The summed E-state index contributed by atoms with van der Waals surface area (Å²) in [5.74, 6) is -0.884. The van der Waals surface area contributed by atoms with Crippen LogP contribution in [-0.2, 0) is 26.2 Å². The van der Waals surface area contributed by atoms with Crippen molar-refractivity contribution in [2.75, 3.05) is 17.9 Å². The summed E-state index contributed by atoms with van der Waals surface area (Å²) in [6, 6.07) is 18.9. The number of aryl methyl sites for hydroxylation is 1. The van der Waals surface area contributed by atoms with E-state index in [-0.39, 0.29) is 23.0 Å². The topological polar surface area (TPSA) is 86.8 Å². The van der Waals surface area contributed by atoms with Crippen molar-refractivity contribution in [3.63, 3.8) is 0 Å². The van der Waals surface area contributed by atoms with Crippen LogP contribution in [0.15, 0.2) is 77.7 Å². The Kier molecular flexibility index (Phi) is 9.59. The van der Waals surface area contributed by atoms with E-state index in [1.165, 1.54) is 30.1 Å². The predicted octanol–water partition coefficient (Wildman–Crippen LogP) is 5.05. The molecule has 0 radical (unpaired) electrons. The molecule has 3 aromatic rings. The Morgan fingerprint density at radius 3 is 2.16 bits per heavy atom. The number of carbonyl (C=O) groups excluding carboxylic acids is 2. The molecule has 3 rings (SSSR count). The maximum absolute atomic E-state index is 13.9. The molecule has 3 aromatic carbocycles. The lowest BCUT2D eigenvalue weighted by molar-refractivity contribution is -0.140.